The van der Waals surface area contributed by atoms with Crippen molar-refractivity contribution in [2.24, 2.45) is 0 Å². The summed E-state index contributed by atoms with van der Waals surface area (Å²) in [5, 5.41) is 3.31. The fourth-order valence-corrected chi connectivity index (χ4v) is 1.40. The summed E-state index contributed by atoms with van der Waals surface area (Å²) in [6.45, 7) is 5.54. The number of nitrogens with zero attached hydrogens (tertiary/aromatic N) is 2. The van der Waals surface area contributed by atoms with Crippen molar-refractivity contribution in [2.75, 3.05) is 45.3 Å². The Morgan fingerprint density at radius 1 is 1.38 bits per heavy atom. The second-order valence-corrected chi connectivity index (χ2v) is 3.80. The van der Waals surface area contributed by atoms with Crippen LogP contribution in [0.5, 0.6) is 0 Å². The monoisotopic (exact) mass is 223 g/mol. The molecule has 0 saturated carbocycles. The summed E-state index contributed by atoms with van der Waals surface area (Å²) in [5.74, 6) is 1.02. The summed E-state index contributed by atoms with van der Waals surface area (Å²) >= 11 is 0. The summed E-state index contributed by atoms with van der Waals surface area (Å²) in [5.41, 5.74) is 1.05. The molecule has 0 fully saturated rings. The van der Waals surface area contributed by atoms with Gasteiger partial charge in [-0.05, 0) is 19.1 Å². The van der Waals surface area contributed by atoms with Crippen LogP contribution in [0.2, 0.25) is 0 Å². The molecule has 0 aliphatic rings. The van der Waals surface area contributed by atoms with Gasteiger partial charge in [-0.15, -0.1) is 0 Å². The molecule has 1 heterocycles. The maximum absolute atomic E-state index is 4.96. The van der Waals surface area contributed by atoms with E-state index in [4.69, 9.17) is 4.74 Å². The molecule has 0 atom stereocenters. The fourth-order valence-electron chi connectivity index (χ4n) is 1.40. The Bertz CT molecular complexity index is 304. The first kappa shape index (κ1) is 12.9. The number of ether oxygens (including phenoxy) is 1. The van der Waals surface area contributed by atoms with Gasteiger partial charge in [-0.1, -0.05) is 6.07 Å². The van der Waals surface area contributed by atoms with E-state index >= 15 is 0 Å². The van der Waals surface area contributed by atoms with Crippen LogP contribution in [-0.2, 0) is 4.74 Å². The molecule has 90 valence electrons. The zero-order valence-electron chi connectivity index (χ0n) is 10.4. The molecule has 4 heteroatoms. The molecular weight excluding hydrogens is 202 g/mol. The lowest BCUT2D eigenvalue weighted by atomic mass is 10.3. The van der Waals surface area contributed by atoms with Crippen molar-refractivity contribution in [2.45, 2.75) is 6.92 Å². The largest absolute Gasteiger partial charge is 0.383 e. The molecule has 0 aromatic carbocycles. The van der Waals surface area contributed by atoms with Crippen LogP contribution in [0, 0.1) is 6.92 Å². The molecule has 0 spiro atoms. The Kier molecular flexibility index (Phi) is 5.82. The third-order valence-corrected chi connectivity index (χ3v) is 2.37. The number of hydrogen-bond donors (Lipinski definition) is 1. The summed E-state index contributed by atoms with van der Waals surface area (Å²) in [6.07, 6.45) is 0. The van der Waals surface area contributed by atoms with Crippen LogP contribution in [0.4, 0.5) is 5.82 Å². The lowest BCUT2D eigenvalue weighted by Gasteiger charge is -2.18. The van der Waals surface area contributed by atoms with Gasteiger partial charge in [-0.25, -0.2) is 4.98 Å². The van der Waals surface area contributed by atoms with Gasteiger partial charge >= 0.3 is 0 Å². The number of methoxy groups -OCH3 is 1. The van der Waals surface area contributed by atoms with Crippen molar-refractivity contribution >= 4 is 5.82 Å². The van der Waals surface area contributed by atoms with E-state index in [0.717, 1.165) is 37.8 Å². The van der Waals surface area contributed by atoms with Gasteiger partial charge < -0.3 is 15.0 Å². The first-order chi connectivity index (χ1) is 7.74. The molecule has 16 heavy (non-hydrogen) atoms. The van der Waals surface area contributed by atoms with Crippen LogP contribution < -0.4 is 10.2 Å². The number of pyridine rings is 1. The first-order valence-corrected chi connectivity index (χ1v) is 5.58. The zero-order chi connectivity index (χ0) is 11.8. The summed E-state index contributed by atoms with van der Waals surface area (Å²) in [6, 6.07) is 6.07. The summed E-state index contributed by atoms with van der Waals surface area (Å²) in [7, 11) is 3.77. The van der Waals surface area contributed by atoms with E-state index in [0.29, 0.717) is 0 Å². The number of hydrogen-bond acceptors (Lipinski definition) is 4. The average Bonchev–Trinajstić information content (AvgIpc) is 2.28. The molecule has 0 unspecified atom stereocenters. The maximum Gasteiger partial charge on any atom is 0.128 e. The molecule has 0 bridgehead atoms. The Labute approximate surface area is 97.6 Å². The van der Waals surface area contributed by atoms with Crippen molar-refractivity contribution in [1.29, 1.82) is 0 Å². The van der Waals surface area contributed by atoms with Crippen LogP contribution in [0.3, 0.4) is 0 Å². The molecule has 0 aliphatic heterocycles. The van der Waals surface area contributed by atoms with E-state index < -0.39 is 0 Å². The molecule has 1 aromatic heterocycles. The van der Waals surface area contributed by atoms with E-state index in [1.807, 2.05) is 25.1 Å². The Hall–Kier alpha value is -1.13. The number of aryl methyl sites for hydroxylation is 1. The highest BCUT2D eigenvalue weighted by atomic mass is 16.5. The predicted octanol–water partition coefficient (Wildman–Crippen LogP) is 1.06. The fraction of sp³-hybridized carbons (Fsp3) is 0.583. The van der Waals surface area contributed by atoms with Gasteiger partial charge in [0.25, 0.3) is 0 Å². The highest BCUT2D eigenvalue weighted by Gasteiger charge is 2.01. The van der Waals surface area contributed by atoms with Crippen LogP contribution in [0.1, 0.15) is 5.69 Å². The number of likely N-dealkylation sites (N-methyl/N-ethyl adjacent to an activating group) is 1. The van der Waals surface area contributed by atoms with Crippen molar-refractivity contribution < 1.29 is 4.74 Å². The minimum absolute atomic E-state index is 0.756. The Morgan fingerprint density at radius 2 is 2.19 bits per heavy atom. The van der Waals surface area contributed by atoms with E-state index in [-0.39, 0.29) is 0 Å². The van der Waals surface area contributed by atoms with E-state index in [1.54, 1.807) is 7.11 Å². The van der Waals surface area contributed by atoms with Gasteiger partial charge in [-0.2, -0.15) is 0 Å². The number of aromatic nitrogens is 1. The smallest absolute Gasteiger partial charge is 0.128 e. The van der Waals surface area contributed by atoms with E-state index in [2.05, 4.69) is 22.2 Å². The van der Waals surface area contributed by atoms with Crippen molar-refractivity contribution in [3.8, 4) is 0 Å². The van der Waals surface area contributed by atoms with Crippen molar-refractivity contribution in [1.82, 2.24) is 10.3 Å². The molecule has 0 saturated heterocycles. The second kappa shape index (κ2) is 7.19. The lowest BCUT2D eigenvalue weighted by Crippen LogP contribution is -2.31. The number of anilines is 1. The lowest BCUT2D eigenvalue weighted by molar-refractivity contribution is 0.200. The predicted molar refractivity (Wildman–Crippen MR) is 67.0 cm³/mol. The normalized spacial score (nSPS) is 10.4. The average molecular weight is 223 g/mol. The molecule has 0 aliphatic carbocycles. The van der Waals surface area contributed by atoms with Crippen LogP contribution in [0.25, 0.3) is 0 Å². The Morgan fingerprint density at radius 3 is 2.88 bits per heavy atom. The molecular formula is C12H21N3O. The Balaban J connectivity index is 2.27. The van der Waals surface area contributed by atoms with Crippen LogP contribution in [0.15, 0.2) is 18.2 Å². The van der Waals surface area contributed by atoms with E-state index in [1.165, 1.54) is 0 Å². The SMILES string of the molecule is COCCNCCN(C)c1cccc(C)n1. The molecule has 1 rings (SSSR count). The van der Waals surface area contributed by atoms with Crippen molar-refractivity contribution in [3.63, 3.8) is 0 Å². The highest BCUT2D eigenvalue weighted by Crippen LogP contribution is 2.07. The highest BCUT2D eigenvalue weighted by molar-refractivity contribution is 5.37. The standard InChI is InChI=1S/C12H21N3O/c1-11-5-4-6-12(14-11)15(2)9-7-13-8-10-16-3/h4-6,13H,7-10H2,1-3H3. The third kappa shape index (κ3) is 4.59. The van der Waals surface area contributed by atoms with E-state index in [9.17, 15) is 0 Å². The molecule has 4 nitrogen and oxygen atoms in total. The van der Waals surface area contributed by atoms with Gasteiger partial charge in [0.15, 0.2) is 0 Å². The van der Waals surface area contributed by atoms with Crippen LogP contribution >= 0.6 is 0 Å². The molecule has 1 aromatic rings. The molecule has 1 N–H and O–H groups in total. The molecule has 0 amide bonds. The molecule has 0 radical (unpaired) electrons. The quantitative estimate of drug-likeness (QED) is 0.701. The summed E-state index contributed by atoms with van der Waals surface area (Å²) < 4.78 is 4.96. The maximum atomic E-state index is 4.96. The first-order valence-electron chi connectivity index (χ1n) is 5.58. The topological polar surface area (TPSA) is 37.4 Å². The van der Waals surface area contributed by atoms with Gasteiger partial charge in [0, 0.05) is 39.5 Å². The summed E-state index contributed by atoms with van der Waals surface area (Å²) in [4.78, 5) is 6.61. The number of rotatable bonds is 7. The van der Waals surface area contributed by atoms with Gasteiger partial charge in [0.05, 0.1) is 6.61 Å². The van der Waals surface area contributed by atoms with Crippen molar-refractivity contribution in [3.05, 3.63) is 23.9 Å². The van der Waals surface area contributed by atoms with Crippen LogP contribution in [-0.4, -0.2) is 45.4 Å². The van der Waals surface area contributed by atoms with Gasteiger partial charge in [0.2, 0.25) is 0 Å². The minimum atomic E-state index is 0.756. The number of nitrogens with one attached hydrogen (secondary N) is 1. The minimum Gasteiger partial charge on any atom is -0.383 e. The van der Waals surface area contributed by atoms with Gasteiger partial charge in [-0.3, -0.25) is 0 Å². The zero-order valence-corrected chi connectivity index (χ0v) is 10.4. The third-order valence-electron chi connectivity index (χ3n) is 2.37. The second-order valence-electron chi connectivity index (χ2n) is 3.80. The van der Waals surface area contributed by atoms with Gasteiger partial charge in [0.1, 0.15) is 5.82 Å².